The van der Waals surface area contributed by atoms with Crippen LogP contribution in [0.25, 0.3) is 12.2 Å². The molecule has 126 valence electrons. The lowest BCUT2D eigenvalue weighted by atomic mass is 9.84. The van der Waals surface area contributed by atoms with Gasteiger partial charge in [-0.25, -0.2) is 0 Å². The Hall–Kier alpha value is -2.35. The van der Waals surface area contributed by atoms with Crippen molar-refractivity contribution in [3.63, 3.8) is 0 Å². The van der Waals surface area contributed by atoms with Crippen LogP contribution in [0.4, 0.5) is 0 Å². The van der Waals surface area contributed by atoms with Gasteiger partial charge in [0.2, 0.25) is 0 Å². The Bertz CT molecular complexity index is 777. The number of benzene rings is 2. The van der Waals surface area contributed by atoms with Crippen LogP contribution in [-0.4, -0.2) is 13.4 Å². The van der Waals surface area contributed by atoms with Gasteiger partial charge in [0.25, 0.3) is 0 Å². The van der Waals surface area contributed by atoms with Crippen molar-refractivity contribution >= 4 is 18.4 Å². The molecule has 0 N–H and O–H groups in total. The number of hydrogen-bond donors (Lipinski definition) is 0. The van der Waals surface area contributed by atoms with Crippen molar-refractivity contribution in [3.05, 3.63) is 63.7 Å². The van der Waals surface area contributed by atoms with Gasteiger partial charge in [-0.05, 0) is 42.5 Å². The molecule has 0 aliphatic carbocycles. The molecular formula is C22H26O2. The van der Waals surface area contributed by atoms with Gasteiger partial charge in [0.15, 0.2) is 6.29 Å². The standard InChI is InChI=1S/C22H26O2/c1-15-7-8-17(19(11-15)14-23)9-10-18-12-16(2)13-20(21(18)24-6)22(3,4)5/h7-14H,1-6H3/b10-9+. The summed E-state index contributed by atoms with van der Waals surface area (Å²) < 4.78 is 5.70. The number of aldehydes is 1. The molecule has 2 nitrogen and oxygen atoms in total. The van der Waals surface area contributed by atoms with E-state index in [-0.39, 0.29) is 5.41 Å². The van der Waals surface area contributed by atoms with E-state index in [1.54, 1.807) is 7.11 Å². The van der Waals surface area contributed by atoms with Crippen LogP contribution in [0, 0.1) is 13.8 Å². The molecule has 2 rings (SSSR count). The van der Waals surface area contributed by atoms with Crippen molar-refractivity contribution in [3.8, 4) is 5.75 Å². The van der Waals surface area contributed by atoms with Crippen LogP contribution in [-0.2, 0) is 5.41 Å². The normalized spacial score (nSPS) is 11.8. The Balaban J connectivity index is 2.54. The Morgan fingerprint density at radius 2 is 1.50 bits per heavy atom. The van der Waals surface area contributed by atoms with Gasteiger partial charge >= 0.3 is 0 Å². The maximum Gasteiger partial charge on any atom is 0.150 e. The van der Waals surface area contributed by atoms with E-state index in [2.05, 4.69) is 39.8 Å². The van der Waals surface area contributed by atoms with Crippen molar-refractivity contribution in [2.45, 2.75) is 40.0 Å². The van der Waals surface area contributed by atoms with Gasteiger partial charge in [0, 0.05) is 16.7 Å². The number of hydrogen-bond acceptors (Lipinski definition) is 2. The van der Waals surface area contributed by atoms with E-state index < -0.39 is 0 Å². The van der Waals surface area contributed by atoms with E-state index in [0.29, 0.717) is 5.56 Å². The van der Waals surface area contributed by atoms with Crippen LogP contribution in [0.1, 0.15) is 58.9 Å². The maximum atomic E-state index is 11.3. The summed E-state index contributed by atoms with van der Waals surface area (Å²) in [6.07, 6.45) is 4.91. The topological polar surface area (TPSA) is 26.3 Å². The third-order valence-corrected chi connectivity index (χ3v) is 4.09. The molecule has 0 heterocycles. The predicted octanol–water partition coefficient (Wildman–Crippen LogP) is 5.59. The highest BCUT2D eigenvalue weighted by Crippen LogP contribution is 2.36. The Morgan fingerprint density at radius 3 is 2.08 bits per heavy atom. The van der Waals surface area contributed by atoms with Crippen molar-refractivity contribution in [1.82, 2.24) is 0 Å². The molecule has 0 amide bonds. The number of methoxy groups -OCH3 is 1. The summed E-state index contributed by atoms with van der Waals surface area (Å²) in [5.74, 6) is 0.893. The zero-order valence-corrected chi connectivity index (χ0v) is 15.4. The molecule has 2 heteroatoms. The molecule has 0 aromatic heterocycles. The van der Waals surface area contributed by atoms with Gasteiger partial charge in [-0.15, -0.1) is 0 Å². The van der Waals surface area contributed by atoms with E-state index in [0.717, 1.165) is 28.7 Å². The van der Waals surface area contributed by atoms with Crippen molar-refractivity contribution in [2.75, 3.05) is 7.11 Å². The summed E-state index contributed by atoms with van der Waals surface area (Å²) in [5.41, 5.74) is 6.10. The van der Waals surface area contributed by atoms with Gasteiger partial charge < -0.3 is 4.74 Å². The van der Waals surface area contributed by atoms with Gasteiger partial charge in [0.05, 0.1) is 7.11 Å². The SMILES string of the molecule is COc1c(/C=C/c2ccc(C)cc2C=O)cc(C)cc1C(C)(C)C. The van der Waals surface area contributed by atoms with Crippen LogP contribution < -0.4 is 4.74 Å². The first kappa shape index (κ1) is 18.0. The van der Waals surface area contributed by atoms with E-state index in [9.17, 15) is 4.79 Å². The fourth-order valence-corrected chi connectivity index (χ4v) is 2.84. The van der Waals surface area contributed by atoms with Gasteiger partial charge in [-0.1, -0.05) is 56.7 Å². The minimum atomic E-state index is -0.00221. The highest BCUT2D eigenvalue weighted by Gasteiger charge is 2.21. The first-order valence-electron chi connectivity index (χ1n) is 8.19. The number of carbonyl (C=O) groups is 1. The monoisotopic (exact) mass is 322 g/mol. The van der Waals surface area contributed by atoms with E-state index in [4.69, 9.17) is 4.74 Å². The second-order valence-electron chi connectivity index (χ2n) is 7.27. The molecule has 0 bridgehead atoms. The molecule has 2 aromatic rings. The molecule has 0 radical (unpaired) electrons. The second kappa shape index (κ2) is 7.04. The fourth-order valence-electron chi connectivity index (χ4n) is 2.84. The van der Waals surface area contributed by atoms with Gasteiger partial charge in [-0.2, -0.15) is 0 Å². The Morgan fingerprint density at radius 1 is 0.875 bits per heavy atom. The summed E-state index contributed by atoms with van der Waals surface area (Å²) in [5, 5.41) is 0. The zero-order chi connectivity index (χ0) is 17.9. The summed E-state index contributed by atoms with van der Waals surface area (Å²) in [6.45, 7) is 10.6. The van der Waals surface area contributed by atoms with Gasteiger partial charge in [-0.3, -0.25) is 4.79 Å². The Kier molecular flexibility index (Phi) is 5.28. The smallest absolute Gasteiger partial charge is 0.150 e. The lowest BCUT2D eigenvalue weighted by molar-refractivity contribution is 0.112. The quantitative estimate of drug-likeness (QED) is 0.541. The first-order valence-corrected chi connectivity index (χ1v) is 8.19. The molecule has 0 aliphatic rings. The van der Waals surface area contributed by atoms with Crippen molar-refractivity contribution in [1.29, 1.82) is 0 Å². The second-order valence-corrected chi connectivity index (χ2v) is 7.27. The molecular weight excluding hydrogens is 296 g/mol. The molecule has 0 spiro atoms. The number of carbonyl (C=O) groups excluding carboxylic acids is 1. The first-order chi connectivity index (χ1) is 11.3. The van der Waals surface area contributed by atoms with Crippen LogP contribution in [0.15, 0.2) is 30.3 Å². The van der Waals surface area contributed by atoms with Gasteiger partial charge in [0.1, 0.15) is 5.75 Å². The molecule has 0 unspecified atom stereocenters. The Labute approximate surface area is 145 Å². The van der Waals surface area contributed by atoms with Crippen molar-refractivity contribution in [2.24, 2.45) is 0 Å². The molecule has 0 aliphatic heterocycles. The average molecular weight is 322 g/mol. The minimum absolute atomic E-state index is 0.00221. The summed E-state index contributed by atoms with van der Waals surface area (Å²) in [4.78, 5) is 11.3. The highest BCUT2D eigenvalue weighted by atomic mass is 16.5. The maximum absolute atomic E-state index is 11.3. The third-order valence-electron chi connectivity index (χ3n) is 4.09. The van der Waals surface area contributed by atoms with E-state index in [1.807, 2.05) is 37.3 Å². The zero-order valence-electron chi connectivity index (χ0n) is 15.4. The van der Waals surface area contributed by atoms with E-state index >= 15 is 0 Å². The third kappa shape index (κ3) is 3.94. The number of rotatable bonds is 4. The average Bonchev–Trinajstić information content (AvgIpc) is 2.52. The molecule has 2 aromatic carbocycles. The largest absolute Gasteiger partial charge is 0.496 e. The summed E-state index contributed by atoms with van der Waals surface area (Å²) in [7, 11) is 1.71. The van der Waals surface area contributed by atoms with Crippen molar-refractivity contribution < 1.29 is 9.53 Å². The van der Waals surface area contributed by atoms with Crippen LogP contribution in [0.3, 0.4) is 0 Å². The number of aryl methyl sites for hydroxylation is 2. The lowest BCUT2D eigenvalue weighted by Gasteiger charge is -2.24. The van der Waals surface area contributed by atoms with Crippen LogP contribution in [0.2, 0.25) is 0 Å². The molecule has 0 atom stereocenters. The molecule has 0 saturated heterocycles. The molecule has 0 saturated carbocycles. The number of ether oxygens (including phenoxy) is 1. The summed E-state index contributed by atoms with van der Waals surface area (Å²) in [6, 6.07) is 10.2. The summed E-state index contributed by atoms with van der Waals surface area (Å²) >= 11 is 0. The van der Waals surface area contributed by atoms with E-state index in [1.165, 1.54) is 11.1 Å². The highest BCUT2D eigenvalue weighted by molar-refractivity contribution is 5.86. The van der Waals surface area contributed by atoms with Crippen LogP contribution >= 0.6 is 0 Å². The molecule has 0 fully saturated rings. The predicted molar refractivity (Wildman–Crippen MR) is 102 cm³/mol. The molecule has 24 heavy (non-hydrogen) atoms. The fraction of sp³-hybridized carbons (Fsp3) is 0.318. The lowest BCUT2D eigenvalue weighted by Crippen LogP contribution is -2.13. The minimum Gasteiger partial charge on any atom is -0.496 e. The van der Waals surface area contributed by atoms with Crippen LogP contribution in [0.5, 0.6) is 5.75 Å².